The van der Waals surface area contributed by atoms with Crippen LogP contribution in [0.25, 0.3) is 10.6 Å². The lowest BCUT2D eigenvalue weighted by Crippen LogP contribution is -2.17. The molecule has 0 radical (unpaired) electrons. The summed E-state index contributed by atoms with van der Waals surface area (Å²) in [5, 5.41) is 3.60. The van der Waals surface area contributed by atoms with E-state index in [0.29, 0.717) is 5.69 Å². The summed E-state index contributed by atoms with van der Waals surface area (Å²) in [6.45, 7) is 4.44. The first-order chi connectivity index (χ1) is 9.95. The van der Waals surface area contributed by atoms with Gasteiger partial charge in [-0.1, -0.05) is 5.16 Å². The van der Waals surface area contributed by atoms with Gasteiger partial charge in [0.25, 0.3) is 0 Å². The van der Waals surface area contributed by atoms with Crippen LogP contribution in [0.1, 0.15) is 29.0 Å². The second-order valence-corrected chi connectivity index (χ2v) is 6.40. The molecule has 3 heterocycles. The Morgan fingerprint density at radius 1 is 1.29 bits per heavy atom. The second-order valence-electron chi connectivity index (χ2n) is 5.23. The fourth-order valence-corrected chi connectivity index (χ4v) is 3.67. The summed E-state index contributed by atoms with van der Waals surface area (Å²) in [6, 6.07) is 3.78. The number of halogens is 3. The van der Waals surface area contributed by atoms with Crippen LogP contribution in [0.15, 0.2) is 16.7 Å². The summed E-state index contributed by atoms with van der Waals surface area (Å²) in [5.74, 6) is -1.01. The van der Waals surface area contributed by atoms with Gasteiger partial charge in [-0.2, -0.15) is 13.2 Å². The zero-order valence-corrected chi connectivity index (χ0v) is 12.4. The maximum atomic E-state index is 12.7. The average molecular weight is 316 g/mol. The monoisotopic (exact) mass is 316 g/mol. The zero-order valence-electron chi connectivity index (χ0n) is 11.5. The third-order valence-electron chi connectivity index (χ3n) is 3.65. The number of nitrogens with zero attached hydrogens (tertiary/aromatic N) is 2. The SMILES string of the molecule is Cc1c(-c2ccc(CN3CCCC3)s2)noc1C(F)(F)F. The molecule has 0 saturated carbocycles. The number of likely N-dealkylation sites (tertiary alicyclic amines) is 1. The predicted octanol–water partition coefficient (Wildman–Crippen LogP) is 4.33. The Kier molecular flexibility index (Phi) is 3.79. The lowest BCUT2D eigenvalue weighted by molar-refractivity contribution is -0.156. The van der Waals surface area contributed by atoms with E-state index in [0.717, 1.165) is 29.4 Å². The third-order valence-corrected chi connectivity index (χ3v) is 4.73. The molecule has 1 saturated heterocycles. The Morgan fingerprint density at radius 3 is 2.62 bits per heavy atom. The topological polar surface area (TPSA) is 29.3 Å². The van der Waals surface area contributed by atoms with E-state index in [4.69, 9.17) is 0 Å². The summed E-state index contributed by atoms with van der Waals surface area (Å²) >= 11 is 1.48. The van der Waals surface area contributed by atoms with Gasteiger partial charge in [0.2, 0.25) is 5.76 Å². The summed E-state index contributed by atoms with van der Waals surface area (Å²) < 4.78 is 42.6. The van der Waals surface area contributed by atoms with Crippen molar-refractivity contribution >= 4 is 11.3 Å². The molecular formula is C14H15F3N2OS. The molecule has 1 aliphatic rings. The molecule has 2 aromatic rings. The molecule has 0 amide bonds. The van der Waals surface area contributed by atoms with Gasteiger partial charge >= 0.3 is 6.18 Å². The van der Waals surface area contributed by atoms with Gasteiger partial charge in [0.1, 0.15) is 5.69 Å². The van der Waals surface area contributed by atoms with Crippen LogP contribution in [0.2, 0.25) is 0 Å². The van der Waals surface area contributed by atoms with Crippen molar-refractivity contribution in [3.8, 4) is 10.6 Å². The van der Waals surface area contributed by atoms with E-state index in [-0.39, 0.29) is 5.56 Å². The second kappa shape index (κ2) is 5.46. The van der Waals surface area contributed by atoms with E-state index < -0.39 is 11.9 Å². The first kappa shape index (κ1) is 14.6. The molecule has 0 atom stereocenters. The van der Waals surface area contributed by atoms with E-state index in [9.17, 15) is 13.2 Å². The standard InChI is InChI=1S/C14H15F3N2OS/c1-9-12(18-20-13(9)14(15,16)17)11-5-4-10(21-11)8-19-6-2-3-7-19/h4-5H,2-3,6-8H2,1H3. The molecule has 21 heavy (non-hydrogen) atoms. The molecule has 1 fully saturated rings. The molecule has 0 bridgehead atoms. The molecule has 3 rings (SSSR count). The normalized spacial score (nSPS) is 16.8. The highest BCUT2D eigenvalue weighted by Gasteiger charge is 2.39. The molecule has 7 heteroatoms. The van der Waals surface area contributed by atoms with Crippen molar-refractivity contribution in [3.05, 3.63) is 28.3 Å². The van der Waals surface area contributed by atoms with Crippen LogP contribution in [-0.2, 0) is 12.7 Å². The minimum atomic E-state index is -4.50. The molecule has 3 nitrogen and oxygen atoms in total. The molecule has 2 aromatic heterocycles. The summed E-state index contributed by atoms with van der Waals surface area (Å²) in [7, 11) is 0. The van der Waals surface area contributed by atoms with Gasteiger partial charge in [-0.25, -0.2) is 0 Å². The summed E-state index contributed by atoms with van der Waals surface area (Å²) in [5.41, 5.74) is 0.345. The Morgan fingerprint density at radius 2 is 2.00 bits per heavy atom. The molecule has 0 aliphatic carbocycles. The van der Waals surface area contributed by atoms with Crippen molar-refractivity contribution in [3.63, 3.8) is 0 Å². The van der Waals surface area contributed by atoms with Gasteiger partial charge in [-0.15, -0.1) is 11.3 Å². The van der Waals surface area contributed by atoms with E-state index in [1.165, 1.54) is 31.1 Å². The van der Waals surface area contributed by atoms with Crippen LogP contribution >= 0.6 is 11.3 Å². The molecule has 0 spiro atoms. The highest BCUT2D eigenvalue weighted by Crippen LogP contribution is 2.38. The minimum Gasteiger partial charge on any atom is -0.351 e. The quantitative estimate of drug-likeness (QED) is 0.844. The number of aromatic nitrogens is 1. The van der Waals surface area contributed by atoms with Crippen LogP contribution in [-0.4, -0.2) is 23.1 Å². The fourth-order valence-electron chi connectivity index (χ4n) is 2.58. The molecular weight excluding hydrogens is 301 g/mol. The van der Waals surface area contributed by atoms with Gasteiger partial charge in [-0.05, 0) is 45.0 Å². The fraction of sp³-hybridized carbons (Fsp3) is 0.500. The first-order valence-electron chi connectivity index (χ1n) is 6.80. The Labute approximate surface area is 124 Å². The predicted molar refractivity (Wildman–Crippen MR) is 74.1 cm³/mol. The van der Waals surface area contributed by atoms with E-state index >= 15 is 0 Å². The van der Waals surface area contributed by atoms with Gasteiger partial charge < -0.3 is 4.52 Å². The van der Waals surface area contributed by atoms with Crippen molar-refractivity contribution < 1.29 is 17.7 Å². The average Bonchev–Trinajstić information content (AvgIpc) is 3.09. The highest BCUT2D eigenvalue weighted by atomic mass is 32.1. The molecule has 0 unspecified atom stereocenters. The Bertz CT molecular complexity index is 626. The van der Waals surface area contributed by atoms with Crippen LogP contribution in [0.5, 0.6) is 0 Å². The summed E-state index contributed by atoms with van der Waals surface area (Å²) in [4.78, 5) is 4.22. The van der Waals surface area contributed by atoms with E-state index in [2.05, 4.69) is 14.6 Å². The molecule has 1 aliphatic heterocycles. The van der Waals surface area contributed by atoms with Gasteiger partial charge in [0.05, 0.1) is 4.88 Å². The number of rotatable bonds is 3. The number of hydrogen-bond donors (Lipinski definition) is 0. The third kappa shape index (κ3) is 2.98. The minimum absolute atomic E-state index is 0.0528. The largest absolute Gasteiger partial charge is 0.452 e. The lowest BCUT2D eigenvalue weighted by atomic mass is 10.2. The smallest absolute Gasteiger partial charge is 0.351 e. The van der Waals surface area contributed by atoms with Crippen molar-refractivity contribution in [1.29, 1.82) is 0 Å². The van der Waals surface area contributed by atoms with Crippen molar-refractivity contribution in [2.45, 2.75) is 32.5 Å². The lowest BCUT2D eigenvalue weighted by Gasteiger charge is -2.12. The van der Waals surface area contributed by atoms with Crippen LogP contribution in [0.4, 0.5) is 13.2 Å². The van der Waals surface area contributed by atoms with Crippen LogP contribution in [0, 0.1) is 6.92 Å². The van der Waals surface area contributed by atoms with Crippen molar-refractivity contribution in [2.24, 2.45) is 0 Å². The van der Waals surface area contributed by atoms with Gasteiger partial charge in [-0.3, -0.25) is 4.90 Å². The molecule has 114 valence electrons. The Balaban J connectivity index is 1.81. The van der Waals surface area contributed by atoms with Crippen molar-refractivity contribution in [1.82, 2.24) is 10.1 Å². The molecule has 0 aromatic carbocycles. The van der Waals surface area contributed by atoms with Gasteiger partial charge in [0, 0.05) is 17.0 Å². The van der Waals surface area contributed by atoms with Gasteiger partial charge in [0.15, 0.2) is 0 Å². The highest BCUT2D eigenvalue weighted by molar-refractivity contribution is 7.15. The maximum Gasteiger partial charge on any atom is 0.452 e. The van der Waals surface area contributed by atoms with Crippen LogP contribution in [0.3, 0.4) is 0 Å². The summed E-state index contributed by atoms with van der Waals surface area (Å²) in [6.07, 6.45) is -2.06. The zero-order chi connectivity index (χ0) is 15.0. The molecule has 0 N–H and O–H groups in total. The van der Waals surface area contributed by atoms with E-state index in [1.807, 2.05) is 12.1 Å². The maximum absolute atomic E-state index is 12.7. The number of alkyl halides is 3. The first-order valence-corrected chi connectivity index (χ1v) is 7.61. The Hall–Kier alpha value is -1.34. The van der Waals surface area contributed by atoms with E-state index in [1.54, 1.807) is 0 Å². The van der Waals surface area contributed by atoms with Crippen LogP contribution < -0.4 is 0 Å². The number of thiophene rings is 1. The van der Waals surface area contributed by atoms with Crippen molar-refractivity contribution in [2.75, 3.05) is 13.1 Å². The number of hydrogen-bond acceptors (Lipinski definition) is 4.